The molecule has 0 unspecified atom stereocenters. The first-order valence-electron chi connectivity index (χ1n) is 19.7. The van der Waals surface area contributed by atoms with Crippen molar-refractivity contribution in [1.82, 2.24) is 26.3 Å². The Morgan fingerprint density at radius 3 is 1.80 bits per heavy atom. The lowest BCUT2D eigenvalue weighted by atomic mass is 10.0. The molecule has 0 saturated carbocycles. The Morgan fingerprint density at radius 2 is 1.23 bits per heavy atom. The van der Waals surface area contributed by atoms with E-state index >= 15 is 0 Å². The summed E-state index contributed by atoms with van der Waals surface area (Å²) in [5.74, 6) is -8.77. The van der Waals surface area contributed by atoms with E-state index in [2.05, 4.69) is 42.2 Å². The molecule has 0 aliphatic heterocycles. The molecule has 2 atom stereocenters. The van der Waals surface area contributed by atoms with Crippen LogP contribution in [0.2, 0.25) is 0 Å². The maximum absolute atomic E-state index is 14.5. The van der Waals surface area contributed by atoms with Gasteiger partial charge in [-0.2, -0.15) is 0 Å². The topological polar surface area (TPSA) is 264 Å². The van der Waals surface area contributed by atoms with Gasteiger partial charge >= 0.3 is 29.8 Å². The third-order valence-corrected chi connectivity index (χ3v) is 9.16. The number of H-pyrrole nitrogens is 1. The zero-order chi connectivity index (χ0) is 48.1. The van der Waals surface area contributed by atoms with Crippen LogP contribution in [-0.4, -0.2) is 70.5 Å². The Labute approximate surface area is 380 Å². The Balaban J connectivity index is 1.83. The van der Waals surface area contributed by atoms with E-state index in [9.17, 15) is 43.2 Å². The molecule has 342 valence electrons. The van der Waals surface area contributed by atoms with E-state index in [4.69, 9.17) is 23.7 Å². The molecule has 65 heavy (non-hydrogen) atoms. The van der Waals surface area contributed by atoms with Crippen LogP contribution in [-0.2, 0) is 49.6 Å². The minimum atomic E-state index is -1.37. The third kappa shape index (κ3) is 15.0. The first-order chi connectivity index (χ1) is 30.6. The van der Waals surface area contributed by atoms with Gasteiger partial charge in [-0.15, -0.1) is 0 Å². The average molecular weight is 961 g/mol. The van der Waals surface area contributed by atoms with Gasteiger partial charge < -0.3 is 49.9 Å². The van der Waals surface area contributed by atoms with Gasteiger partial charge in [0.15, 0.2) is 23.0 Å². The minimum absolute atomic E-state index is 0.0132. The van der Waals surface area contributed by atoms with Gasteiger partial charge in [0.05, 0.1) is 0 Å². The van der Waals surface area contributed by atoms with E-state index in [-0.39, 0.29) is 23.5 Å². The highest BCUT2D eigenvalue weighted by molar-refractivity contribution is 9.10. The number of hydrogen-bond acceptors (Lipinski definition) is 14. The second-order valence-electron chi connectivity index (χ2n) is 14.6. The van der Waals surface area contributed by atoms with Gasteiger partial charge in [-0.25, -0.2) is 0 Å². The summed E-state index contributed by atoms with van der Waals surface area (Å²) in [6, 6.07) is 9.57. The fraction of sp³-hybridized carbons (Fsp3) is 0.267. The van der Waals surface area contributed by atoms with Crippen molar-refractivity contribution < 1.29 is 66.8 Å². The molecule has 0 saturated heterocycles. The first-order valence-corrected chi connectivity index (χ1v) is 20.5. The molecule has 4 aromatic rings. The highest BCUT2D eigenvalue weighted by Gasteiger charge is 2.29. The zero-order valence-corrected chi connectivity index (χ0v) is 38.0. The molecule has 4 amide bonds. The monoisotopic (exact) mass is 959 g/mol. The molecule has 0 radical (unpaired) electrons. The Kier molecular flexibility index (Phi) is 17.4. The highest BCUT2D eigenvalue weighted by atomic mass is 79.9. The zero-order valence-electron chi connectivity index (χ0n) is 36.5. The fourth-order valence-electron chi connectivity index (χ4n) is 6.09. The largest absolute Gasteiger partial charge is 0.423 e. The van der Waals surface area contributed by atoms with E-state index in [0.29, 0.717) is 11.1 Å². The molecule has 1 heterocycles. The first kappa shape index (κ1) is 50.0. The SMILES string of the molecule is CC(=O)N[C@H](C(=O)NC(=Cc1cc(OC(C)=O)c(OC(C)=O)c(OC(C)=O)c1)C(=O)N[C@@H](Cc1c[nH]c2cc(Br)ccc12)C(=O)N/C=C/c1ccc(OC(C)=O)c(OC(C)=O)c1)C(C)C. The number of rotatable bonds is 17. The second-order valence-corrected chi connectivity index (χ2v) is 15.5. The van der Waals surface area contributed by atoms with Crippen molar-refractivity contribution in [1.29, 1.82) is 0 Å². The highest BCUT2D eigenvalue weighted by Crippen LogP contribution is 2.40. The standard InChI is InChI=1S/C45H46BrN5O14/c1-22(2)41(49-23(3)52)45(60)51-35(15-30-17-39(63-26(6)55)42(65-28(8)57)40(18-30)64-27(7)56)44(59)50-36(19-31-21-48-34-20-32(46)10-11-33(31)34)43(58)47-14-13-29-9-12-37(61-24(4)53)38(16-29)62-25(5)54/h9-18,20-22,36,41,48H,19H2,1-8H3,(H,47,58)(H,49,52)(H,50,59)(H,51,60)/b14-13+,35-15?/t36-,41-/m0/s1. The van der Waals surface area contributed by atoms with Crippen LogP contribution in [0.1, 0.15) is 72.1 Å². The molecule has 0 bridgehead atoms. The summed E-state index contributed by atoms with van der Waals surface area (Å²) in [4.78, 5) is 117. The maximum Gasteiger partial charge on any atom is 0.308 e. The lowest BCUT2D eigenvalue weighted by molar-refractivity contribution is -0.135. The predicted molar refractivity (Wildman–Crippen MR) is 237 cm³/mol. The summed E-state index contributed by atoms with van der Waals surface area (Å²) in [5.41, 5.74) is 1.22. The number of benzene rings is 3. The molecule has 5 N–H and O–H groups in total. The summed E-state index contributed by atoms with van der Waals surface area (Å²) in [5, 5.41) is 11.1. The van der Waals surface area contributed by atoms with Crippen LogP contribution in [0.15, 0.2) is 71.1 Å². The third-order valence-electron chi connectivity index (χ3n) is 8.67. The molecule has 0 fully saturated rings. The summed E-state index contributed by atoms with van der Waals surface area (Å²) >= 11 is 3.44. The van der Waals surface area contributed by atoms with Crippen molar-refractivity contribution in [2.45, 2.75) is 73.9 Å². The van der Waals surface area contributed by atoms with Gasteiger partial charge in [0, 0.05) is 75.7 Å². The van der Waals surface area contributed by atoms with Crippen molar-refractivity contribution in [2.24, 2.45) is 5.92 Å². The summed E-state index contributed by atoms with van der Waals surface area (Å²) in [7, 11) is 0. The summed E-state index contributed by atoms with van der Waals surface area (Å²) < 4.78 is 26.9. The maximum atomic E-state index is 14.5. The van der Waals surface area contributed by atoms with Gasteiger partial charge in [-0.05, 0) is 71.2 Å². The number of esters is 5. The molecule has 0 aliphatic carbocycles. The van der Waals surface area contributed by atoms with Crippen molar-refractivity contribution in [2.75, 3.05) is 0 Å². The second kappa shape index (κ2) is 22.7. The molecule has 1 aromatic heterocycles. The van der Waals surface area contributed by atoms with E-state index in [1.54, 1.807) is 26.1 Å². The number of carbonyl (C=O) groups is 9. The number of hydrogen-bond donors (Lipinski definition) is 5. The Bertz CT molecular complexity index is 2580. The Hall–Kier alpha value is -7.61. The smallest absolute Gasteiger partial charge is 0.308 e. The summed E-state index contributed by atoms with van der Waals surface area (Å²) in [6.07, 6.45) is 5.40. The normalized spacial score (nSPS) is 12.1. The molecule has 20 heteroatoms. The van der Waals surface area contributed by atoms with Gasteiger partial charge in [0.1, 0.15) is 17.8 Å². The lowest BCUT2D eigenvalue weighted by Crippen LogP contribution is -2.52. The average Bonchev–Trinajstić information content (AvgIpc) is 3.58. The van der Waals surface area contributed by atoms with Crippen LogP contribution in [0.3, 0.4) is 0 Å². The van der Waals surface area contributed by atoms with Crippen molar-refractivity contribution in [3.63, 3.8) is 0 Å². The molecule has 19 nitrogen and oxygen atoms in total. The summed E-state index contributed by atoms with van der Waals surface area (Å²) in [6.45, 7) is 10.1. The van der Waals surface area contributed by atoms with Crippen molar-refractivity contribution in [3.05, 3.63) is 87.8 Å². The predicted octanol–water partition coefficient (Wildman–Crippen LogP) is 4.69. The van der Waals surface area contributed by atoms with Crippen LogP contribution >= 0.6 is 15.9 Å². The number of halogens is 1. The fourth-order valence-corrected chi connectivity index (χ4v) is 6.45. The van der Waals surface area contributed by atoms with Crippen LogP contribution < -0.4 is 45.0 Å². The van der Waals surface area contributed by atoms with E-state index in [0.717, 1.165) is 42.2 Å². The minimum Gasteiger partial charge on any atom is -0.423 e. The molecule has 0 aliphatic rings. The number of nitrogens with one attached hydrogen (secondary N) is 5. The molecule has 3 aromatic carbocycles. The number of carbonyl (C=O) groups excluding carboxylic acids is 9. The van der Waals surface area contributed by atoms with Crippen molar-refractivity contribution >= 4 is 92.5 Å². The molecular formula is C45H46BrN5O14. The van der Waals surface area contributed by atoms with E-state index in [1.807, 2.05) is 12.1 Å². The molecule has 4 rings (SSSR count). The van der Waals surface area contributed by atoms with E-state index < -0.39 is 94.4 Å². The lowest BCUT2D eigenvalue weighted by Gasteiger charge is -2.23. The van der Waals surface area contributed by atoms with Crippen LogP contribution in [0.25, 0.3) is 23.1 Å². The number of ether oxygens (including phenoxy) is 5. The molecular weight excluding hydrogens is 914 g/mol. The van der Waals surface area contributed by atoms with Gasteiger partial charge in [0.2, 0.25) is 23.5 Å². The van der Waals surface area contributed by atoms with Crippen molar-refractivity contribution in [3.8, 4) is 28.7 Å². The number of amides is 4. The van der Waals surface area contributed by atoms with Crippen LogP contribution in [0.5, 0.6) is 28.7 Å². The van der Waals surface area contributed by atoms with Crippen LogP contribution in [0.4, 0.5) is 0 Å². The van der Waals surface area contributed by atoms with Gasteiger partial charge in [0.25, 0.3) is 5.91 Å². The number of aromatic nitrogens is 1. The van der Waals surface area contributed by atoms with Gasteiger partial charge in [-0.3, -0.25) is 43.2 Å². The van der Waals surface area contributed by atoms with E-state index in [1.165, 1.54) is 63.4 Å². The quantitative estimate of drug-likeness (QED) is 0.0547. The number of fused-ring (bicyclic) bond motifs is 1. The van der Waals surface area contributed by atoms with Crippen LogP contribution in [0, 0.1) is 5.92 Å². The number of aromatic amines is 1. The van der Waals surface area contributed by atoms with Gasteiger partial charge in [-0.1, -0.05) is 41.9 Å². The Morgan fingerprint density at radius 1 is 0.662 bits per heavy atom. The molecule has 0 spiro atoms.